The Balaban J connectivity index is 1.94. The third-order valence-electron chi connectivity index (χ3n) is 3.37. The van der Waals surface area contributed by atoms with Crippen molar-refractivity contribution in [1.82, 2.24) is 9.55 Å². The zero-order valence-electron chi connectivity index (χ0n) is 12.3. The van der Waals surface area contributed by atoms with Crippen LogP contribution in [0.5, 0.6) is 0 Å². The van der Waals surface area contributed by atoms with Crippen molar-refractivity contribution in [3.05, 3.63) is 99.7 Å². The molecule has 3 nitrogen and oxygen atoms in total. The van der Waals surface area contributed by atoms with Crippen LogP contribution in [0.15, 0.2) is 77.9 Å². The van der Waals surface area contributed by atoms with Gasteiger partial charge in [-0.2, -0.15) is 4.98 Å². The smallest absolute Gasteiger partial charge is 0.281 e. The predicted molar refractivity (Wildman–Crippen MR) is 95.8 cm³/mol. The lowest BCUT2D eigenvalue weighted by atomic mass is 10.2. The van der Waals surface area contributed by atoms with E-state index in [9.17, 15) is 4.79 Å². The Morgan fingerprint density at radius 3 is 2.39 bits per heavy atom. The van der Waals surface area contributed by atoms with E-state index in [1.807, 2.05) is 48.5 Å². The predicted octanol–water partition coefficient (Wildman–Crippen LogP) is 4.38. The van der Waals surface area contributed by atoms with Gasteiger partial charge in [0, 0.05) is 11.9 Å². The van der Waals surface area contributed by atoms with Gasteiger partial charge in [-0.25, -0.2) is 4.79 Å². The Morgan fingerprint density at radius 2 is 1.70 bits per heavy atom. The van der Waals surface area contributed by atoms with E-state index in [4.69, 9.17) is 11.6 Å². The number of rotatable bonds is 5. The average Bonchev–Trinajstić information content (AvgIpc) is 2.60. The molecular weight excluding hydrogens is 328 g/mol. The topological polar surface area (TPSA) is 34.9 Å². The van der Waals surface area contributed by atoms with Crippen LogP contribution in [0, 0.1) is 0 Å². The molecule has 2 aromatic carbocycles. The second-order valence-electron chi connectivity index (χ2n) is 5.02. The molecule has 23 heavy (non-hydrogen) atoms. The summed E-state index contributed by atoms with van der Waals surface area (Å²) in [5.74, 6) is 0.791. The second-order valence-corrected chi connectivity index (χ2v) is 6.53. The fraction of sp³-hybridized carbons (Fsp3) is 0.111. The van der Waals surface area contributed by atoms with Gasteiger partial charge in [-0.05, 0) is 11.1 Å². The number of aromatic nitrogens is 2. The van der Waals surface area contributed by atoms with Gasteiger partial charge in [0.1, 0.15) is 5.37 Å². The summed E-state index contributed by atoms with van der Waals surface area (Å²) in [7, 11) is 0. The molecule has 0 N–H and O–H groups in total. The zero-order chi connectivity index (χ0) is 16.1. The van der Waals surface area contributed by atoms with Crippen LogP contribution >= 0.6 is 23.4 Å². The molecule has 1 heterocycles. The van der Waals surface area contributed by atoms with Crippen LogP contribution < -0.4 is 5.69 Å². The highest BCUT2D eigenvalue weighted by atomic mass is 35.5. The van der Waals surface area contributed by atoms with Crippen molar-refractivity contribution in [2.45, 2.75) is 11.1 Å². The molecule has 1 unspecified atom stereocenters. The number of thioether (sulfide) groups is 1. The van der Waals surface area contributed by atoms with Gasteiger partial charge in [-0.1, -0.05) is 72.3 Å². The molecule has 0 saturated carbocycles. The first kappa shape index (κ1) is 15.8. The van der Waals surface area contributed by atoms with Gasteiger partial charge in [-0.3, -0.25) is 4.57 Å². The van der Waals surface area contributed by atoms with Crippen molar-refractivity contribution < 1.29 is 0 Å². The SMILES string of the molecule is O=c1ncc(Cl)cn1C(SCc1ccccc1)c1ccccc1. The van der Waals surface area contributed by atoms with Gasteiger partial charge in [0.05, 0.1) is 11.2 Å². The molecule has 0 aliphatic heterocycles. The van der Waals surface area contributed by atoms with Gasteiger partial charge in [0.15, 0.2) is 0 Å². The molecule has 0 aliphatic carbocycles. The number of halogens is 1. The third-order valence-corrected chi connectivity index (χ3v) is 4.88. The lowest BCUT2D eigenvalue weighted by molar-refractivity contribution is 0.709. The summed E-state index contributed by atoms with van der Waals surface area (Å²) in [5, 5.41) is 0.279. The first-order valence-corrected chi connectivity index (χ1v) is 8.61. The fourth-order valence-electron chi connectivity index (χ4n) is 2.28. The van der Waals surface area contributed by atoms with E-state index < -0.39 is 0 Å². The molecule has 0 radical (unpaired) electrons. The van der Waals surface area contributed by atoms with E-state index in [1.165, 1.54) is 11.8 Å². The highest BCUT2D eigenvalue weighted by molar-refractivity contribution is 7.98. The van der Waals surface area contributed by atoms with Crippen molar-refractivity contribution in [3.63, 3.8) is 0 Å². The minimum absolute atomic E-state index is 0.171. The summed E-state index contributed by atoms with van der Waals surface area (Å²) in [5.41, 5.74) is 1.95. The zero-order valence-corrected chi connectivity index (χ0v) is 13.9. The minimum Gasteiger partial charge on any atom is -0.281 e. The van der Waals surface area contributed by atoms with Gasteiger partial charge in [0.2, 0.25) is 0 Å². The van der Waals surface area contributed by atoms with Crippen LogP contribution in [0.3, 0.4) is 0 Å². The van der Waals surface area contributed by atoms with Crippen molar-refractivity contribution >= 4 is 23.4 Å². The van der Waals surface area contributed by atoms with Crippen LogP contribution in [0.1, 0.15) is 16.5 Å². The maximum absolute atomic E-state index is 12.2. The van der Waals surface area contributed by atoms with Gasteiger partial charge >= 0.3 is 5.69 Å². The highest BCUT2D eigenvalue weighted by Crippen LogP contribution is 2.32. The first-order chi connectivity index (χ1) is 11.2. The minimum atomic E-state index is -0.302. The summed E-state index contributed by atoms with van der Waals surface area (Å²) in [6.07, 6.45) is 3.02. The van der Waals surface area contributed by atoms with E-state index >= 15 is 0 Å². The van der Waals surface area contributed by atoms with E-state index in [1.54, 1.807) is 22.5 Å². The lowest BCUT2D eigenvalue weighted by Gasteiger charge is -2.19. The van der Waals surface area contributed by atoms with E-state index in [-0.39, 0.29) is 11.1 Å². The number of nitrogens with zero attached hydrogens (tertiary/aromatic N) is 2. The summed E-state index contributed by atoms with van der Waals surface area (Å²) in [6, 6.07) is 20.1. The molecule has 116 valence electrons. The molecule has 0 aliphatic rings. The number of benzene rings is 2. The molecule has 1 aromatic heterocycles. The number of hydrogen-bond acceptors (Lipinski definition) is 3. The molecule has 5 heteroatoms. The van der Waals surface area contributed by atoms with Crippen molar-refractivity contribution in [3.8, 4) is 0 Å². The Hall–Kier alpha value is -2.04. The average molecular weight is 343 g/mol. The molecule has 3 rings (SSSR count). The van der Waals surface area contributed by atoms with E-state index in [0.717, 1.165) is 11.3 Å². The summed E-state index contributed by atoms with van der Waals surface area (Å²) >= 11 is 7.70. The standard InChI is InChI=1S/C18H15ClN2OS/c19-16-11-20-18(22)21(12-16)17(15-9-5-2-6-10-15)23-13-14-7-3-1-4-8-14/h1-12,17H,13H2. The first-order valence-electron chi connectivity index (χ1n) is 7.18. The van der Waals surface area contributed by atoms with Crippen LogP contribution in [-0.4, -0.2) is 9.55 Å². The van der Waals surface area contributed by atoms with Crippen molar-refractivity contribution in [2.24, 2.45) is 0 Å². The maximum Gasteiger partial charge on any atom is 0.348 e. The van der Waals surface area contributed by atoms with Crippen LogP contribution in [0.2, 0.25) is 5.02 Å². The number of hydrogen-bond donors (Lipinski definition) is 0. The molecule has 0 amide bonds. The van der Waals surface area contributed by atoms with Gasteiger partial charge in [0.25, 0.3) is 0 Å². The van der Waals surface area contributed by atoms with Gasteiger partial charge in [-0.15, -0.1) is 11.8 Å². The third kappa shape index (κ3) is 4.03. The molecule has 1 atom stereocenters. The molecule has 3 aromatic rings. The largest absolute Gasteiger partial charge is 0.348 e. The quantitative estimate of drug-likeness (QED) is 0.690. The van der Waals surface area contributed by atoms with Crippen molar-refractivity contribution in [2.75, 3.05) is 0 Å². The molecule has 0 saturated heterocycles. The maximum atomic E-state index is 12.2. The fourth-order valence-corrected chi connectivity index (χ4v) is 3.64. The van der Waals surface area contributed by atoms with Crippen LogP contribution in [0.25, 0.3) is 0 Å². The molecular formula is C18H15ClN2OS. The monoisotopic (exact) mass is 342 g/mol. The Labute approximate surface area is 144 Å². The van der Waals surface area contributed by atoms with E-state index in [2.05, 4.69) is 17.1 Å². The molecule has 0 bridgehead atoms. The van der Waals surface area contributed by atoms with E-state index in [0.29, 0.717) is 5.02 Å². The highest BCUT2D eigenvalue weighted by Gasteiger charge is 2.16. The summed E-state index contributed by atoms with van der Waals surface area (Å²) < 4.78 is 1.59. The molecule has 0 fully saturated rings. The Morgan fingerprint density at radius 1 is 1.04 bits per heavy atom. The van der Waals surface area contributed by atoms with Crippen LogP contribution in [0.4, 0.5) is 0 Å². The molecule has 0 spiro atoms. The Kier molecular flexibility index (Phi) is 5.16. The second kappa shape index (κ2) is 7.49. The Bertz CT molecular complexity index is 821. The van der Waals surface area contributed by atoms with Crippen LogP contribution in [-0.2, 0) is 5.75 Å². The normalized spacial score (nSPS) is 12.0. The lowest BCUT2D eigenvalue weighted by Crippen LogP contribution is -2.25. The summed E-state index contributed by atoms with van der Waals surface area (Å²) in [4.78, 5) is 16.0. The van der Waals surface area contributed by atoms with Crippen molar-refractivity contribution in [1.29, 1.82) is 0 Å². The summed E-state index contributed by atoms with van der Waals surface area (Å²) in [6.45, 7) is 0. The van der Waals surface area contributed by atoms with Gasteiger partial charge < -0.3 is 0 Å².